The highest BCUT2D eigenvalue weighted by molar-refractivity contribution is 5.76. The van der Waals surface area contributed by atoms with Gasteiger partial charge in [-0.2, -0.15) is 5.10 Å². The van der Waals surface area contributed by atoms with Crippen molar-refractivity contribution in [2.24, 2.45) is 0 Å². The third kappa shape index (κ3) is 3.81. The van der Waals surface area contributed by atoms with Crippen molar-refractivity contribution in [2.45, 2.75) is 46.4 Å². The Morgan fingerprint density at radius 2 is 1.89 bits per heavy atom. The highest BCUT2D eigenvalue weighted by Crippen LogP contribution is 2.15. The molecule has 3 aromatic rings. The summed E-state index contributed by atoms with van der Waals surface area (Å²) in [6.45, 7) is 6.64. The maximum atomic E-state index is 12.6. The predicted octanol–water partition coefficient (Wildman–Crippen LogP) is 1.22. The van der Waals surface area contributed by atoms with Crippen LogP contribution in [0, 0.1) is 0 Å². The van der Waals surface area contributed by atoms with Crippen molar-refractivity contribution >= 4 is 5.91 Å². The summed E-state index contributed by atoms with van der Waals surface area (Å²) in [6.07, 6.45) is 1.46. The zero-order valence-electron chi connectivity index (χ0n) is 15.7. The molecule has 9 heteroatoms. The van der Waals surface area contributed by atoms with Crippen LogP contribution >= 0.6 is 0 Å². The SMILES string of the molecule is CCn1ncnc1[C@H](C)NC(=O)Cn1nc(-c2ccccc2)n(CC)c1=O. The average molecular weight is 369 g/mol. The predicted molar refractivity (Wildman–Crippen MR) is 99.9 cm³/mol. The largest absolute Gasteiger partial charge is 0.346 e. The number of nitrogens with zero attached hydrogens (tertiary/aromatic N) is 6. The second-order valence-corrected chi connectivity index (χ2v) is 6.10. The number of aryl methyl sites for hydroxylation is 1. The lowest BCUT2D eigenvalue weighted by molar-refractivity contribution is -0.122. The van der Waals surface area contributed by atoms with Crippen molar-refractivity contribution in [1.29, 1.82) is 0 Å². The Morgan fingerprint density at radius 3 is 2.56 bits per heavy atom. The van der Waals surface area contributed by atoms with Gasteiger partial charge in [-0.05, 0) is 20.8 Å². The van der Waals surface area contributed by atoms with E-state index in [1.165, 1.54) is 11.0 Å². The fraction of sp³-hybridized carbons (Fsp3) is 0.389. The smallest absolute Gasteiger partial charge is 0.345 e. The standard InChI is InChI=1S/C18H23N7O2/c1-4-23-17(14-9-7-6-8-10-14)22-25(18(23)27)11-15(26)21-13(3)16-19-12-20-24(16)5-2/h6-10,12-13H,4-5,11H2,1-3H3,(H,21,26)/t13-/m0/s1. The summed E-state index contributed by atoms with van der Waals surface area (Å²) in [5.41, 5.74) is 0.524. The third-order valence-corrected chi connectivity index (χ3v) is 4.27. The summed E-state index contributed by atoms with van der Waals surface area (Å²) in [7, 11) is 0. The van der Waals surface area contributed by atoms with E-state index in [9.17, 15) is 9.59 Å². The molecule has 1 N–H and O–H groups in total. The van der Waals surface area contributed by atoms with Gasteiger partial charge in [-0.25, -0.2) is 19.1 Å². The molecular formula is C18H23N7O2. The molecule has 0 radical (unpaired) electrons. The van der Waals surface area contributed by atoms with Gasteiger partial charge in [0.25, 0.3) is 0 Å². The fourth-order valence-electron chi connectivity index (χ4n) is 2.97. The average Bonchev–Trinajstić information content (AvgIpc) is 3.27. The van der Waals surface area contributed by atoms with Gasteiger partial charge in [0.15, 0.2) is 5.82 Å². The molecule has 0 unspecified atom stereocenters. The van der Waals surface area contributed by atoms with Crippen molar-refractivity contribution in [3.63, 3.8) is 0 Å². The molecular weight excluding hydrogens is 346 g/mol. The molecule has 2 heterocycles. The first-order chi connectivity index (χ1) is 13.0. The molecule has 0 spiro atoms. The van der Waals surface area contributed by atoms with Crippen molar-refractivity contribution in [1.82, 2.24) is 34.4 Å². The van der Waals surface area contributed by atoms with Crippen LogP contribution < -0.4 is 11.0 Å². The van der Waals surface area contributed by atoms with Crippen LogP contribution in [-0.2, 0) is 24.4 Å². The number of carbonyl (C=O) groups excluding carboxylic acids is 1. The summed E-state index contributed by atoms with van der Waals surface area (Å²) in [5.74, 6) is 0.910. The van der Waals surface area contributed by atoms with Gasteiger partial charge in [-0.15, -0.1) is 5.10 Å². The van der Waals surface area contributed by atoms with Gasteiger partial charge in [0.1, 0.15) is 18.7 Å². The quantitative estimate of drug-likeness (QED) is 0.675. The molecule has 142 valence electrons. The molecule has 1 aromatic carbocycles. The number of amides is 1. The number of aromatic nitrogens is 6. The third-order valence-electron chi connectivity index (χ3n) is 4.27. The number of benzene rings is 1. The molecule has 9 nitrogen and oxygen atoms in total. The second kappa shape index (κ2) is 7.98. The number of rotatable bonds is 7. The summed E-state index contributed by atoms with van der Waals surface area (Å²) < 4.78 is 4.47. The van der Waals surface area contributed by atoms with Gasteiger partial charge in [0.2, 0.25) is 5.91 Å². The molecule has 0 fully saturated rings. The summed E-state index contributed by atoms with van der Waals surface area (Å²) in [6, 6.07) is 9.13. The molecule has 0 aliphatic carbocycles. The van der Waals surface area contributed by atoms with E-state index >= 15 is 0 Å². The van der Waals surface area contributed by atoms with Crippen LogP contribution in [0.2, 0.25) is 0 Å². The summed E-state index contributed by atoms with van der Waals surface area (Å²) in [5, 5.41) is 11.3. The van der Waals surface area contributed by atoms with Crippen LogP contribution in [0.5, 0.6) is 0 Å². The normalized spacial score (nSPS) is 12.1. The Labute approximate surface area is 156 Å². The Bertz CT molecular complexity index is 971. The van der Waals surface area contributed by atoms with Crippen molar-refractivity contribution < 1.29 is 4.79 Å². The molecule has 0 saturated heterocycles. The first-order valence-corrected chi connectivity index (χ1v) is 8.95. The molecule has 27 heavy (non-hydrogen) atoms. The van der Waals surface area contributed by atoms with E-state index in [2.05, 4.69) is 20.5 Å². The minimum atomic E-state index is -0.322. The fourth-order valence-corrected chi connectivity index (χ4v) is 2.97. The van der Waals surface area contributed by atoms with Crippen LogP contribution in [-0.4, -0.2) is 35.0 Å². The number of nitrogens with one attached hydrogen (secondary N) is 1. The van der Waals surface area contributed by atoms with Crippen molar-refractivity contribution in [3.05, 3.63) is 53.0 Å². The monoisotopic (exact) mass is 369 g/mol. The van der Waals surface area contributed by atoms with Crippen LogP contribution in [0.1, 0.15) is 32.6 Å². The van der Waals surface area contributed by atoms with Gasteiger partial charge < -0.3 is 5.32 Å². The van der Waals surface area contributed by atoms with Crippen molar-refractivity contribution in [2.75, 3.05) is 0 Å². The Hall–Kier alpha value is -3.23. The van der Waals surface area contributed by atoms with E-state index in [-0.39, 0.29) is 24.2 Å². The van der Waals surface area contributed by atoms with Gasteiger partial charge >= 0.3 is 5.69 Å². The molecule has 0 saturated carbocycles. The van der Waals surface area contributed by atoms with E-state index < -0.39 is 0 Å². The molecule has 0 bridgehead atoms. The van der Waals surface area contributed by atoms with Crippen LogP contribution in [0.3, 0.4) is 0 Å². The summed E-state index contributed by atoms with van der Waals surface area (Å²) >= 11 is 0. The number of carbonyl (C=O) groups is 1. The second-order valence-electron chi connectivity index (χ2n) is 6.10. The molecule has 3 rings (SSSR count). The number of hydrogen-bond donors (Lipinski definition) is 1. The van der Waals surface area contributed by atoms with E-state index in [0.29, 0.717) is 24.7 Å². The van der Waals surface area contributed by atoms with E-state index in [1.807, 2.05) is 51.1 Å². The molecule has 1 amide bonds. The lowest BCUT2D eigenvalue weighted by atomic mass is 10.2. The Morgan fingerprint density at radius 1 is 1.15 bits per heavy atom. The Kier molecular flexibility index (Phi) is 5.49. The van der Waals surface area contributed by atoms with E-state index in [0.717, 1.165) is 5.56 Å². The van der Waals surface area contributed by atoms with Gasteiger partial charge in [-0.1, -0.05) is 30.3 Å². The first-order valence-electron chi connectivity index (χ1n) is 8.95. The van der Waals surface area contributed by atoms with Gasteiger partial charge in [0, 0.05) is 18.7 Å². The molecule has 2 aromatic heterocycles. The van der Waals surface area contributed by atoms with Crippen LogP contribution in [0.25, 0.3) is 11.4 Å². The van der Waals surface area contributed by atoms with Gasteiger partial charge in [-0.3, -0.25) is 9.36 Å². The first kappa shape index (κ1) is 18.6. The minimum absolute atomic E-state index is 0.156. The zero-order valence-corrected chi connectivity index (χ0v) is 15.7. The minimum Gasteiger partial charge on any atom is -0.345 e. The van der Waals surface area contributed by atoms with E-state index in [1.54, 1.807) is 9.25 Å². The van der Waals surface area contributed by atoms with Crippen LogP contribution in [0.4, 0.5) is 0 Å². The Balaban J connectivity index is 1.78. The molecule has 0 aliphatic rings. The van der Waals surface area contributed by atoms with E-state index in [4.69, 9.17) is 0 Å². The molecule has 0 aliphatic heterocycles. The lowest BCUT2D eigenvalue weighted by Gasteiger charge is -2.13. The maximum Gasteiger partial charge on any atom is 0.346 e. The summed E-state index contributed by atoms with van der Waals surface area (Å²) in [4.78, 5) is 29.2. The maximum absolute atomic E-state index is 12.6. The highest BCUT2D eigenvalue weighted by Gasteiger charge is 2.19. The number of hydrogen-bond acceptors (Lipinski definition) is 5. The molecule has 1 atom stereocenters. The zero-order chi connectivity index (χ0) is 19.4. The van der Waals surface area contributed by atoms with Gasteiger partial charge in [0.05, 0.1) is 6.04 Å². The topological polar surface area (TPSA) is 99.6 Å². The van der Waals surface area contributed by atoms with Crippen LogP contribution in [0.15, 0.2) is 41.5 Å². The lowest BCUT2D eigenvalue weighted by Crippen LogP contribution is -2.35. The van der Waals surface area contributed by atoms with Crippen molar-refractivity contribution in [3.8, 4) is 11.4 Å². The highest BCUT2D eigenvalue weighted by atomic mass is 16.2.